The first-order chi connectivity index (χ1) is 12.9. The molecule has 0 bridgehead atoms. The van der Waals surface area contributed by atoms with E-state index < -0.39 is 12.6 Å². The highest BCUT2D eigenvalue weighted by atomic mass is 127. The Morgan fingerprint density at radius 2 is 1.89 bits per heavy atom. The zero-order valence-electron chi connectivity index (χ0n) is 15.3. The van der Waals surface area contributed by atoms with E-state index in [0.29, 0.717) is 18.1 Å². The average Bonchev–Trinajstić information content (AvgIpc) is 2.90. The van der Waals surface area contributed by atoms with Gasteiger partial charge in [-0.3, -0.25) is 0 Å². The van der Waals surface area contributed by atoms with Crippen LogP contribution >= 0.6 is 24.0 Å². The maximum absolute atomic E-state index is 12.4. The van der Waals surface area contributed by atoms with Crippen LogP contribution in [0.25, 0.3) is 11.5 Å². The van der Waals surface area contributed by atoms with Gasteiger partial charge in [0.15, 0.2) is 11.8 Å². The van der Waals surface area contributed by atoms with Crippen LogP contribution in [0.1, 0.15) is 37.1 Å². The molecule has 0 amide bonds. The number of alkyl halides is 3. The number of hydrogen-bond donors (Lipinski definition) is 1. The highest BCUT2D eigenvalue weighted by molar-refractivity contribution is 14.0. The van der Waals surface area contributed by atoms with E-state index in [1.807, 2.05) is 6.07 Å². The van der Waals surface area contributed by atoms with Crippen LogP contribution in [0.4, 0.5) is 13.2 Å². The van der Waals surface area contributed by atoms with Crippen LogP contribution < -0.4 is 5.73 Å². The number of halogens is 4. The minimum atomic E-state index is -4.37. The van der Waals surface area contributed by atoms with Crippen LogP contribution in [-0.4, -0.2) is 40.3 Å². The van der Waals surface area contributed by atoms with E-state index in [1.54, 1.807) is 18.2 Å². The molecule has 2 heterocycles. The minimum Gasteiger partial charge on any atom is -0.370 e. The summed E-state index contributed by atoms with van der Waals surface area (Å²) in [6.07, 6.45) is -0.930. The van der Waals surface area contributed by atoms with E-state index in [1.165, 1.54) is 12.8 Å². The number of aliphatic imine (C=N–C) groups is 1. The number of aromatic nitrogens is 2. The van der Waals surface area contributed by atoms with Gasteiger partial charge in [0, 0.05) is 18.7 Å². The summed E-state index contributed by atoms with van der Waals surface area (Å²) in [5.41, 5.74) is 7.52. The van der Waals surface area contributed by atoms with Crippen LogP contribution in [0, 0.1) is 0 Å². The Morgan fingerprint density at radius 3 is 2.57 bits per heavy atom. The second-order valence-electron chi connectivity index (χ2n) is 6.58. The van der Waals surface area contributed by atoms with Crippen molar-refractivity contribution in [3.63, 3.8) is 0 Å². The molecule has 0 saturated carbocycles. The zero-order chi connectivity index (χ0) is 19.3. The van der Waals surface area contributed by atoms with E-state index in [4.69, 9.17) is 10.3 Å². The van der Waals surface area contributed by atoms with Crippen molar-refractivity contribution in [3.05, 3.63) is 35.7 Å². The van der Waals surface area contributed by atoms with Gasteiger partial charge in [-0.2, -0.15) is 18.2 Å². The Morgan fingerprint density at radius 1 is 1.18 bits per heavy atom. The van der Waals surface area contributed by atoms with Crippen molar-refractivity contribution >= 4 is 29.9 Å². The summed E-state index contributed by atoms with van der Waals surface area (Å²) in [6.45, 7) is 2.21. The first-order valence-electron chi connectivity index (χ1n) is 8.94. The number of rotatable bonds is 4. The molecular formula is C18H23F3IN5O. The monoisotopic (exact) mass is 509 g/mol. The van der Waals surface area contributed by atoms with Crippen molar-refractivity contribution in [1.29, 1.82) is 0 Å². The molecule has 1 aliphatic rings. The molecule has 1 saturated heterocycles. The Balaban J connectivity index is 0.00000280. The lowest BCUT2D eigenvalue weighted by molar-refractivity contribution is -0.128. The van der Waals surface area contributed by atoms with Crippen molar-refractivity contribution < 1.29 is 17.7 Å². The number of guanidine groups is 1. The second-order valence-corrected chi connectivity index (χ2v) is 6.58. The van der Waals surface area contributed by atoms with E-state index in [-0.39, 0.29) is 35.7 Å². The lowest BCUT2D eigenvalue weighted by atomic mass is 10.1. The molecule has 1 aromatic carbocycles. The highest BCUT2D eigenvalue weighted by Crippen LogP contribution is 2.23. The largest absolute Gasteiger partial charge is 0.396 e. The lowest BCUT2D eigenvalue weighted by Gasteiger charge is -2.21. The number of nitrogens with two attached hydrogens (primary N) is 1. The molecule has 1 aliphatic heterocycles. The van der Waals surface area contributed by atoms with Gasteiger partial charge in [-0.15, -0.1) is 24.0 Å². The molecule has 2 aromatic rings. The maximum atomic E-state index is 12.4. The van der Waals surface area contributed by atoms with Gasteiger partial charge in [-0.25, -0.2) is 4.99 Å². The average molecular weight is 509 g/mol. The fourth-order valence-electron chi connectivity index (χ4n) is 3.00. The lowest BCUT2D eigenvalue weighted by Crippen LogP contribution is -2.38. The third-order valence-corrected chi connectivity index (χ3v) is 4.35. The molecule has 1 aromatic heterocycles. The van der Waals surface area contributed by atoms with Crippen LogP contribution in [0.15, 0.2) is 33.8 Å². The van der Waals surface area contributed by atoms with E-state index >= 15 is 0 Å². The highest BCUT2D eigenvalue weighted by Gasteiger charge is 2.30. The normalized spacial score (nSPS) is 15.8. The molecule has 6 nitrogen and oxygen atoms in total. The van der Waals surface area contributed by atoms with Crippen LogP contribution in [0.3, 0.4) is 0 Å². The molecular weight excluding hydrogens is 486 g/mol. The maximum Gasteiger partial charge on any atom is 0.396 e. The van der Waals surface area contributed by atoms with Gasteiger partial charge in [0.25, 0.3) is 5.89 Å². The Bertz CT molecular complexity index is 786. The summed E-state index contributed by atoms with van der Waals surface area (Å²) >= 11 is 0. The predicted molar refractivity (Wildman–Crippen MR) is 110 cm³/mol. The number of benzene rings is 1. The van der Waals surface area contributed by atoms with Gasteiger partial charge >= 0.3 is 6.18 Å². The predicted octanol–water partition coefficient (Wildman–Crippen LogP) is 4.15. The third-order valence-electron chi connectivity index (χ3n) is 4.35. The fraction of sp³-hybridized carbons (Fsp3) is 0.500. The van der Waals surface area contributed by atoms with E-state index in [2.05, 4.69) is 20.0 Å². The Hall–Kier alpha value is -1.85. The van der Waals surface area contributed by atoms with E-state index in [0.717, 1.165) is 31.5 Å². The molecule has 3 rings (SSSR count). The van der Waals surface area contributed by atoms with Crippen molar-refractivity contribution in [3.8, 4) is 11.5 Å². The summed E-state index contributed by atoms with van der Waals surface area (Å²) in [7, 11) is 0. The van der Waals surface area contributed by atoms with Gasteiger partial charge in [0.1, 0.15) is 6.42 Å². The minimum absolute atomic E-state index is 0. The molecule has 1 fully saturated rings. The summed E-state index contributed by atoms with van der Waals surface area (Å²) in [5.74, 6) is 0.194. The van der Waals surface area contributed by atoms with Crippen LogP contribution in [0.5, 0.6) is 0 Å². The molecule has 28 heavy (non-hydrogen) atoms. The molecule has 2 N–H and O–H groups in total. The first kappa shape index (κ1) is 22.4. The topological polar surface area (TPSA) is 80.5 Å². The molecule has 154 valence electrons. The SMILES string of the molecule is I.NC(=NCc1cccc(-c2nc(CC(F)(F)F)no2)c1)N1CCCCCC1. The molecule has 0 radical (unpaired) electrons. The molecule has 0 atom stereocenters. The molecule has 0 unspecified atom stereocenters. The molecule has 0 spiro atoms. The standard InChI is InChI=1S/C18H22F3N5O.HI/c19-18(20,21)11-15-24-16(27-25-15)14-7-5-6-13(10-14)12-23-17(22)26-8-3-1-2-4-9-26;/h5-7,10H,1-4,8-9,11-12H2,(H2,22,23);1H. The van der Waals surface area contributed by atoms with Crippen molar-refractivity contribution in [1.82, 2.24) is 15.0 Å². The van der Waals surface area contributed by atoms with Crippen LogP contribution in [0.2, 0.25) is 0 Å². The van der Waals surface area contributed by atoms with Gasteiger partial charge in [-0.1, -0.05) is 30.1 Å². The smallest absolute Gasteiger partial charge is 0.370 e. The third kappa shape index (κ3) is 6.64. The van der Waals surface area contributed by atoms with Gasteiger partial charge in [0.05, 0.1) is 6.54 Å². The summed E-state index contributed by atoms with van der Waals surface area (Å²) in [6, 6.07) is 7.12. The Labute approximate surface area is 178 Å². The van der Waals surface area contributed by atoms with Gasteiger partial charge in [-0.05, 0) is 30.5 Å². The summed E-state index contributed by atoms with van der Waals surface area (Å²) in [4.78, 5) is 10.4. The van der Waals surface area contributed by atoms with Crippen molar-refractivity contribution in [2.75, 3.05) is 13.1 Å². The quantitative estimate of drug-likeness (QED) is 0.381. The first-order valence-corrected chi connectivity index (χ1v) is 8.94. The molecule has 0 aliphatic carbocycles. The molecule has 10 heteroatoms. The Kier molecular flexibility index (Phi) is 8.08. The number of nitrogens with zero attached hydrogens (tertiary/aromatic N) is 4. The fourth-order valence-corrected chi connectivity index (χ4v) is 3.00. The number of likely N-dealkylation sites (tertiary alicyclic amines) is 1. The van der Waals surface area contributed by atoms with Crippen molar-refractivity contribution in [2.45, 2.75) is 44.8 Å². The second kappa shape index (κ2) is 10.1. The summed E-state index contributed by atoms with van der Waals surface area (Å²) in [5, 5.41) is 3.39. The summed E-state index contributed by atoms with van der Waals surface area (Å²) < 4.78 is 42.2. The van der Waals surface area contributed by atoms with Crippen LogP contribution in [-0.2, 0) is 13.0 Å². The van der Waals surface area contributed by atoms with Gasteiger partial charge < -0.3 is 15.2 Å². The number of hydrogen-bond acceptors (Lipinski definition) is 4. The van der Waals surface area contributed by atoms with E-state index in [9.17, 15) is 13.2 Å². The van der Waals surface area contributed by atoms with Crippen molar-refractivity contribution in [2.24, 2.45) is 10.7 Å². The van der Waals surface area contributed by atoms with Gasteiger partial charge in [0.2, 0.25) is 0 Å². The zero-order valence-corrected chi connectivity index (χ0v) is 17.6.